The Morgan fingerprint density at radius 2 is 2.03 bits per heavy atom. The number of aromatic amines is 1. The lowest BCUT2D eigenvalue weighted by molar-refractivity contribution is 0.0728. The molecule has 1 aliphatic heterocycles. The van der Waals surface area contributed by atoms with E-state index >= 15 is 0 Å². The topological polar surface area (TPSA) is 113 Å². The molecular weight excluding hydrogens is 408 g/mol. The van der Waals surface area contributed by atoms with Crippen molar-refractivity contribution in [3.63, 3.8) is 0 Å². The number of methoxy groups -OCH3 is 1. The number of rotatable bonds is 6. The molecule has 2 aromatic heterocycles. The van der Waals surface area contributed by atoms with Crippen molar-refractivity contribution in [2.75, 3.05) is 13.7 Å². The van der Waals surface area contributed by atoms with Gasteiger partial charge in [-0.2, -0.15) is 5.10 Å². The van der Waals surface area contributed by atoms with Crippen LogP contribution in [0.4, 0.5) is 0 Å². The lowest BCUT2D eigenvalue weighted by atomic mass is 10.1. The van der Waals surface area contributed by atoms with Crippen LogP contribution in [0.25, 0.3) is 0 Å². The number of para-hydroxylation sites is 1. The van der Waals surface area contributed by atoms with Gasteiger partial charge in [0.2, 0.25) is 0 Å². The Labute approximate surface area is 186 Å². The molecule has 32 heavy (non-hydrogen) atoms. The molecule has 2 N–H and O–H groups in total. The Hall–Kier alpha value is -3.75. The van der Waals surface area contributed by atoms with Crippen molar-refractivity contribution >= 4 is 11.8 Å². The van der Waals surface area contributed by atoms with Crippen LogP contribution >= 0.6 is 0 Å². The highest BCUT2D eigenvalue weighted by molar-refractivity contribution is 5.96. The van der Waals surface area contributed by atoms with Crippen molar-refractivity contribution in [1.82, 2.24) is 30.4 Å². The molecule has 2 amide bonds. The summed E-state index contributed by atoms with van der Waals surface area (Å²) in [5.41, 5.74) is 3.16. The Kier molecular flexibility index (Phi) is 6.16. The van der Waals surface area contributed by atoms with E-state index in [9.17, 15) is 9.59 Å². The first kappa shape index (κ1) is 21.5. The molecule has 166 valence electrons. The van der Waals surface area contributed by atoms with Gasteiger partial charge in [-0.25, -0.2) is 9.97 Å². The molecule has 1 saturated heterocycles. The molecule has 0 aliphatic carbocycles. The van der Waals surface area contributed by atoms with Crippen LogP contribution in [0.15, 0.2) is 36.7 Å². The molecule has 1 unspecified atom stereocenters. The number of hydrogen-bond donors (Lipinski definition) is 2. The van der Waals surface area contributed by atoms with Gasteiger partial charge in [-0.3, -0.25) is 14.7 Å². The zero-order valence-electron chi connectivity index (χ0n) is 18.4. The second kappa shape index (κ2) is 9.17. The summed E-state index contributed by atoms with van der Waals surface area (Å²) in [4.78, 5) is 36.5. The number of carbonyl (C=O) groups is 2. The number of benzene rings is 1. The normalized spacial score (nSPS) is 15.6. The predicted molar refractivity (Wildman–Crippen MR) is 117 cm³/mol. The number of aryl methyl sites for hydroxylation is 2. The Morgan fingerprint density at radius 3 is 2.75 bits per heavy atom. The first-order valence-corrected chi connectivity index (χ1v) is 10.5. The average Bonchev–Trinajstić information content (AvgIpc) is 3.46. The molecule has 1 fully saturated rings. The van der Waals surface area contributed by atoms with Crippen molar-refractivity contribution in [3.8, 4) is 5.75 Å². The molecule has 0 saturated carbocycles. The highest BCUT2D eigenvalue weighted by atomic mass is 16.5. The number of carbonyl (C=O) groups excluding carboxylic acids is 2. The SMILES string of the molecule is COc1ccccc1CNC(=O)c1cnc(C2CCCN2C(=O)c2cn[nH]c2C)nc1C. The van der Waals surface area contributed by atoms with Crippen LogP contribution in [0.2, 0.25) is 0 Å². The van der Waals surface area contributed by atoms with Crippen molar-refractivity contribution in [1.29, 1.82) is 0 Å². The molecule has 3 aromatic rings. The first-order chi connectivity index (χ1) is 15.5. The molecule has 0 radical (unpaired) electrons. The van der Waals surface area contributed by atoms with Gasteiger partial charge in [0.05, 0.1) is 36.2 Å². The number of nitrogens with zero attached hydrogens (tertiary/aromatic N) is 4. The molecule has 0 bridgehead atoms. The van der Waals surface area contributed by atoms with Crippen LogP contribution in [0, 0.1) is 13.8 Å². The minimum atomic E-state index is -0.256. The van der Waals surface area contributed by atoms with Crippen molar-refractivity contribution in [2.24, 2.45) is 0 Å². The number of H-pyrrole nitrogens is 1. The summed E-state index contributed by atoms with van der Waals surface area (Å²) in [6.45, 7) is 4.57. The average molecular weight is 435 g/mol. The number of amides is 2. The fraction of sp³-hybridized carbons (Fsp3) is 0.348. The number of nitrogens with one attached hydrogen (secondary N) is 2. The molecule has 0 spiro atoms. The second-order valence-electron chi connectivity index (χ2n) is 7.79. The summed E-state index contributed by atoms with van der Waals surface area (Å²) >= 11 is 0. The summed E-state index contributed by atoms with van der Waals surface area (Å²) in [6.07, 6.45) is 4.74. The monoisotopic (exact) mass is 434 g/mol. The number of hydrogen-bond acceptors (Lipinski definition) is 6. The zero-order valence-corrected chi connectivity index (χ0v) is 18.4. The van der Waals surface area contributed by atoms with E-state index in [4.69, 9.17) is 4.74 Å². The third-order valence-corrected chi connectivity index (χ3v) is 5.75. The van der Waals surface area contributed by atoms with Gasteiger partial charge >= 0.3 is 0 Å². The van der Waals surface area contributed by atoms with Crippen LogP contribution in [0.3, 0.4) is 0 Å². The fourth-order valence-electron chi connectivity index (χ4n) is 3.99. The van der Waals surface area contributed by atoms with Crippen LogP contribution in [-0.4, -0.2) is 50.5 Å². The molecule has 1 atom stereocenters. The summed E-state index contributed by atoms with van der Waals surface area (Å²) < 4.78 is 5.33. The molecular formula is C23H26N6O3. The van der Waals surface area contributed by atoms with Crippen molar-refractivity contribution in [3.05, 3.63) is 70.6 Å². The van der Waals surface area contributed by atoms with E-state index in [1.54, 1.807) is 31.3 Å². The number of ether oxygens (including phenoxy) is 1. The maximum absolute atomic E-state index is 13.0. The molecule has 4 rings (SSSR count). The maximum Gasteiger partial charge on any atom is 0.257 e. The summed E-state index contributed by atoms with van der Waals surface area (Å²) in [5.74, 6) is 0.928. The fourth-order valence-corrected chi connectivity index (χ4v) is 3.99. The minimum Gasteiger partial charge on any atom is -0.496 e. The van der Waals surface area contributed by atoms with Gasteiger partial charge in [-0.15, -0.1) is 0 Å². The van der Waals surface area contributed by atoms with Gasteiger partial charge in [-0.1, -0.05) is 18.2 Å². The smallest absolute Gasteiger partial charge is 0.257 e. The van der Waals surface area contributed by atoms with Gasteiger partial charge in [0.15, 0.2) is 5.82 Å². The highest BCUT2D eigenvalue weighted by Gasteiger charge is 2.34. The molecule has 3 heterocycles. The first-order valence-electron chi connectivity index (χ1n) is 10.5. The van der Waals surface area contributed by atoms with Crippen LogP contribution in [0.1, 0.15) is 62.4 Å². The van der Waals surface area contributed by atoms with Crippen molar-refractivity contribution < 1.29 is 14.3 Å². The van der Waals surface area contributed by atoms with E-state index in [0.717, 1.165) is 29.8 Å². The third kappa shape index (κ3) is 4.18. The lowest BCUT2D eigenvalue weighted by Gasteiger charge is -2.24. The summed E-state index contributed by atoms with van der Waals surface area (Å²) in [7, 11) is 1.60. The predicted octanol–water partition coefficient (Wildman–Crippen LogP) is 2.73. The Morgan fingerprint density at radius 1 is 1.22 bits per heavy atom. The van der Waals surface area contributed by atoms with Crippen LogP contribution in [0.5, 0.6) is 5.75 Å². The van der Waals surface area contributed by atoms with E-state index in [2.05, 4.69) is 25.5 Å². The Bertz CT molecular complexity index is 1140. The van der Waals surface area contributed by atoms with E-state index in [-0.39, 0.29) is 17.9 Å². The standard InChI is InChI=1S/C23H26N6O3/c1-14-17(22(30)25-11-16-7-4-5-9-20(16)32-3)12-24-21(27-14)19-8-6-10-29(19)23(31)18-13-26-28-15(18)2/h4-5,7,9,12-13,19H,6,8,10-11H2,1-3H3,(H,25,30)(H,26,28). The van der Waals surface area contributed by atoms with E-state index in [1.807, 2.05) is 31.2 Å². The lowest BCUT2D eigenvalue weighted by Crippen LogP contribution is -2.32. The summed E-state index contributed by atoms with van der Waals surface area (Å²) in [6, 6.07) is 7.31. The third-order valence-electron chi connectivity index (χ3n) is 5.75. The van der Waals surface area contributed by atoms with Gasteiger partial charge < -0.3 is 15.0 Å². The van der Waals surface area contributed by atoms with E-state index in [1.165, 1.54) is 0 Å². The molecule has 9 heteroatoms. The highest BCUT2D eigenvalue weighted by Crippen LogP contribution is 2.31. The van der Waals surface area contributed by atoms with E-state index in [0.29, 0.717) is 35.7 Å². The van der Waals surface area contributed by atoms with Gasteiger partial charge in [0, 0.05) is 30.5 Å². The van der Waals surface area contributed by atoms with Gasteiger partial charge in [0.25, 0.3) is 11.8 Å². The maximum atomic E-state index is 13.0. The van der Waals surface area contributed by atoms with Crippen LogP contribution in [-0.2, 0) is 6.54 Å². The molecule has 9 nitrogen and oxygen atoms in total. The van der Waals surface area contributed by atoms with E-state index < -0.39 is 0 Å². The number of aromatic nitrogens is 4. The minimum absolute atomic E-state index is 0.0846. The van der Waals surface area contributed by atoms with Gasteiger partial charge in [0.1, 0.15) is 5.75 Å². The molecule has 1 aliphatic rings. The van der Waals surface area contributed by atoms with Crippen LogP contribution < -0.4 is 10.1 Å². The largest absolute Gasteiger partial charge is 0.496 e. The zero-order chi connectivity index (χ0) is 22.7. The second-order valence-corrected chi connectivity index (χ2v) is 7.79. The summed E-state index contributed by atoms with van der Waals surface area (Å²) in [5, 5.41) is 9.66. The Balaban J connectivity index is 1.48. The quantitative estimate of drug-likeness (QED) is 0.617. The van der Waals surface area contributed by atoms with Gasteiger partial charge in [-0.05, 0) is 32.8 Å². The number of likely N-dealkylation sites (tertiary alicyclic amines) is 1. The van der Waals surface area contributed by atoms with Crippen molar-refractivity contribution in [2.45, 2.75) is 39.3 Å². The molecule has 1 aromatic carbocycles.